The van der Waals surface area contributed by atoms with Gasteiger partial charge in [-0.05, 0) is 62.2 Å². The molecule has 1 heterocycles. The average Bonchev–Trinajstić information content (AvgIpc) is 2.75. The van der Waals surface area contributed by atoms with Gasteiger partial charge in [0.15, 0.2) is 0 Å². The number of nitrogens with one attached hydrogen (secondary N) is 1. The summed E-state index contributed by atoms with van der Waals surface area (Å²) in [6.07, 6.45) is 0.830. The van der Waals surface area contributed by atoms with Gasteiger partial charge in [-0.2, -0.15) is 0 Å². The molecule has 0 atom stereocenters. The molecule has 3 amide bonds. The van der Waals surface area contributed by atoms with Crippen LogP contribution in [0.25, 0.3) is 0 Å². The van der Waals surface area contributed by atoms with Crippen LogP contribution >= 0.6 is 0 Å². The first kappa shape index (κ1) is 21.6. The first-order chi connectivity index (χ1) is 15.4. The third kappa shape index (κ3) is 4.80. The number of rotatable bonds is 5. The minimum atomic E-state index is -0.398. The van der Waals surface area contributed by atoms with Gasteiger partial charge in [-0.25, -0.2) is 9.18 Å². The quantitative estimate of drug-likeness (QED) is 0.578. The molecule has 0 unspecified atom stereocenters. The van der Waals surface area contributed by atoms with E-state index in [2.05, 4.69) is 37.4 Å². The largest absolute Gasteiger partial charge is 0.324 e. The summed E-state index contributed by atoms with van der Waals surface area (Å²) < 4.78 is 13.2. The number of carbonyl (C=O) groups is 2. The summed E-state index contributed by atoms with van der Waals surface area (Å²) in [5.74, 6) is -0.751. The van der Waals surface area contributed by atoms with E-state index in [0.717, 1.165) is 12.0 Å². The zero-order valence-electron chi connectivity index (χ0n) is 18.3. The number of para-hydroxylation sites is 2. The predicted octanol–water partition coefficient (Wildman–Crippen LogP) is 5.53. The van der Waals surface area contributed by atoms with E-state index in [4.69, 9.17) is 0 Å². The number of benzene rings is 3. The van der Waals surface area contributed by atoms with Gasteiger partial charge >= 0.3 is 6.03 Å². The van der Waals surface area contributed by atoms with E-state index in [9.17, 15) is 14.0 Å². The monoisotopic (exact) mass is 431 g/mol. The van der Waals surface area contributed by atoms with Crippen LogP contribution in [0.4, 0.5) is 20.6 Å². The third-order valence-electron chi connectivity index (χ3n) is 5.52. The molecule has 0 aliphatic carbocycles. The molecular weight excluding hydrogens is 405 g/mol. The van der Waals surface area contributed by atoms with Crippen molar-refractivity contribution >= 4 is 23.3 Å². The van der Waals surface area contributed by atoms with Crippen molar-refractivity contribution in [3.63, 3.8) is 0 Å². The molecule has 0 aromatic heterocycles. The van der Waals surface area contributed by atoms with E-state index in [-0.39, 0.29) is 11.9 Å². The highest BCUT2D eigenvalue weighted by atomic mass is 19.1. The highest BCUT2D eigenvalue weighted by molar-refractivity contribution is 6.07. The first-order valence-electron chi connectivity index (χ1n) is 10.7. The molecule has 0 saturated carbocycles. The normalized spacial score (nSPS) is 13.9. The van der Waals surface area contributed by atoms with Crippen LogP contribution < -0.4 is 10.2 Å². The van der Waals surface area contributed by atoms with Gasteiger partial charge in [0.05, 0.1) is 11.4 Å². The summed E-state index contributed by atoms with van der Waals surface area (Å²) in [4.78, 5) is 29.6. The number of urea groups is 1. The van der Waals surface area contributed by atoms with E-state index < -0.39 is 5.82 Å². The third-order valence-corrected chi connectivity index (χ3v) is 5.52. The lowest BCUT2D eigenvalue weighted by molar-refractivity contribution is 0.102. The van der Waals surface area contributed by atoms with Gasteiger partial charge in [-0.1, -0.05) is 41.5 Å². The Morgan fingerprint density at radius 3 is 2.38 bits per heavy atom. The lowest BCUT2D eigenvalue weighted by Crippen LogP contribution is -2.49. The predicted molar refractivity (Wildman–Crippen MR) is 124 cm³/mol. The van der Waals surface area contributed by atoms with Gasteiger partial charge in [-0.3, -0.25) is 9.69 Å². The number of nitrogens with zero attached hydrogens (tertiary/aromatic N) is 2. The Hall–Kier alpha value is -3.67. The minimum Gasteiger partial charge on any atom is -0.320 e. The number of carbonyl (C=O) groups excluding carboxylic acids is 2. The van der Waals surface area contributed by atoms with Crippen LogP contribution in [0.3, 0.4) is 0 Å². The summed E-state index contributed by atoms with van der Waals surface area (Å²) in [7, 11) is 0. The van der Waals surface area contributed by atoms with Crippen LogP contribution in [0.5, 0.6) is 0 Å². The summed E-state index contributed by atoms with van der Waals surface area (Å²) in [6.45, 7) is 5.92. The molecule has 0 radical (unpaired) electrons. The maximum absolute atomic E-state index is 13.3. The maximum atomic E-state index is 13.3. The van der Waals surface area contributed by atoms with E-state index in [1.165, 1.54) is 35.4 Å². The number of aryl methyl sites for hydroxylation is 2. The van der Waals surface area contributed by atoms with Gasteiger partial charge in [0, 0.05) is 25.2 Å². The fourth-order valence-corrected chi connectivity index (χ4v) is 4.14. The van der Waals surface area contributed by atoms with Crippen molar-refractivity contribution in [3.8, 4) is 0 Å². The molecule has 3 aromatic carbocycles. The molecule has 32 heavy (non-hydrogen) atoms. The van der Waals surface area contributed by atoms with Gasteiger partial charge in [0.2, 0.25) is 0 Å². The lowest BCUT2D eigenvalue weighted by Gasteiger charge is -2.36. The number of halogens is 1. The summed E-state index contributed by atoms with van der Waals surface area (Å²) >= 11 is 0. The van der Waals surface area contributed by atoms with Gasteiger partial charge in [-0.15, -0.1) is 0 Å². The van der Waals surface area contributed by atoms with Crippen molar-refractivity contribution in [1.29, 1.82) is 0 Å². The zero-order chi connectivity index (χ0) is 22.7. The van der Waals surface area contributed by atoms with E-state index >= 15 is 0 Å². The summed E-state index contributed by atoms with van der Waals surface area (Å²) in [6, 6.07) is 18.9. The lowest BCUT2D eigenvalue weighted by atomic mass is 10.1. The first-order valence-corrected chi connectivity index (χ1v) is 10.7. The van der Waals surface area contributed by atoms with Crippen LogP contribution in [0, 0.1) is 19.7 Å². The zero-order valence-corrected chi connectivity index (χ0v) is 18.3. The summed E-state index contributed by atoms with van der Waals surface area (Å²) in [5.41, 5.74) is 5.00. The molecular formula is C26H26FN3O2. The Morgan fingerprint density at radius 1 is 0.969 bits per heavy atom. The van der Waals surface area contributed by atoms with Crippen molar-refractivity contribution in [2.75, 3.05) is 23.3 Å². The van der Waals surface area contributed by atoms with Crippen molar-refractivity contribution in [2.24, 2.45) is 0 Å². The Balaban J connectivity index is 1.54. The fraction of sp³-hybridized carbons (Fsp3) is 0.231. The van der Waals surface area contributed by atoms with Crippen molar-refractivity contribution in [2.45, 2.75) is 26.8 Å². The molecule has 1 saturated heterocycles. The molecule has 0 spiro atoms. The van der Waals surface area contributed by atoms with Gasteiger partial charge in [0.1, 0.15) is 5.82 Å². The smallest absolute Gasteiger partial charge is 0.320 e. The van der Waals surface area contributed by atoms with Gasteiger partial charge in [0.25, 0.3) is 5.91 Å². The SMILES string of the molecule is Cc1cc(C)cc(CN2CCCN(c3ccccc3NC(=O)c3ccc(F)cc3)C2=O)c1. The highest BCUT2D eigenvalue weighted by Crippen LogP contribution is 2.29. The molecule has 0 bridgehead atoms. The summed E-state index contributed by atoms with van der Waals surface area (Å²) in [5, 5.41) is 2.87. The molecule has 164 valence electrons. The Morgan fingerprint density at radius 2 is 1.66 bits per heavy atom. The van der Waals surface area contributed by atoms with Crippen LogP contribution in [0.15, 0.2) is 66.7 Å². The highest BCUT2D eigenvalue weighted by Gasteiger charge is 2.28. The topological polar surface area (TPSA) is 52.6 Å². The average molecular weight is 432 g/mol. The second kappa shape index (κ2) is 9.22. The Bertz CT molecular complexity index is 1120. The van der Waals surface area contributed by atoms with Crippen LogP contribution in [0.1, 0.15) is 33.5 Å². The van der Waals surface area contributed by atoms with Crippen molar-refractivity contribution in [1.82, 2.24) is 4.90 Å². The van der Waals surface area contributed by atoms with Crippen molar-refractivity contribution < 1.29 is 14.0 Å². The molecule has 1 fully saturated rings. The Labute approximate surface area is 187 Å². The molecule has 3 aromatic rings. The minimum absolute atomic E-state index is 0.0844. The molecule has 1 aliphatic rings. The molecule has 5 nitrogen and oxygen atoms in total. The molecule has 1 N–H and O–H groups in total. The molecule has 1 aliphatic heterocycles. The molecule has 4 rings (SSSR count). The van der Waals surface area contributed by atoms with Crippen LogP contribution in [-0.4, -0.2) is 29.9 Å². The van der Waals surface area contributed by atoms with E-state index in [1.54, 1.807) is 11.0 Å². The van der Waals surface area contributed by atoms with E-state index in [1.807, 2.05) is 23.1 Å². The number of amides is 3. The van der Waals surface area contributed by atoms with Crippen LogP contribution in [-0.2, 0) is 6.54 Å². The second-order valence-corrected chi connectivity index (χ2v) is 8.18. The van der Waals surface area contributed by atoms with Crippen molar-refractivity contribution in [3.05, 3.63) is 94.8 Å². The van der Waals surface area contributed by atoms with E-state index in [0.29, 0.717) is 36.6 Å². The van der Waals surface area contributed by atoms with Crippen LogP contribution in [0.2, 0.25) is 0 Å². The number of hydrogen-bond donors (Lipinski definition) is 1. The number of hydrogen-bond acceptors (Lipinski definition) is 2. The standard InChI is InChI=1S/C26H26FN3O2/c1-18-14-19(2)16-20(15-18)17-29-12-5-13-30(26(29)32)24-7-4-3-6-23(24)28-25(31)21-8-10-22(27)11-9-21/h3-4,6-11,14-16H,5,12-13,17H2,1-2H3,(H,28,31). The second-order valence-electron chi connectivity index (χ2n) is 8.18. The van der Waals surface area contributed by atoms with Gasteiger partial charge < -0.3 is 10.2 Å². The maximum Gasteiger partial charge on any atom is 0.324 e. The Kier molecular flexibility index (Phi) is 6.21. The number of anilines is 2. The molecule has 6 heteroatoms. The fourth-order valence-electron chi connectivity index (χ4n) is 4.14.